The van der Waals surface area contributed by atoms with Crippen molar-refractivity contribution < 1.29 is 5.11 Å². The van der Waals surface area contributed by atoms with Gasteiger partial charge in [-0.05, 0) is 49.6 Å². The molecule has 3 rings (SSSR count). The van der Waals surface area contributed by atoms with Gasteiger partial charge in [-0.2, -0.15) is 0 Å². The lowest BCUT2D eigenvalue weighted by atomic mass is 9.93. The average molecular weight is 237 g/mol. The number of aliphatic hydroxyl groups is 1. The van der Waals surface area contributed by atoms with Crippen LogP contribution in [-0.4, -0.2) is 49.9 Å². The van der Waals surface area contributed by atoms with Gasteiger partial charge in [-0.1, -0.05) is 0 Å². The maximum absolute atomic E-state index is 9.29. The Morgan fingerprint density at radius 1 is 1.29 bits per heavy atom. The van der Waals surface area contributed by atoms with Crippen molar-refractivity contribution in [1.29, 1.82) is 0 Å². The van der Waals surface area contributed by atoms with Crippen molar-refractivity contribution in [3.63, 3.8) is 0 Å². The molecule has 1 saturated carbocycles. The monoisotopic (exact) mass is 237 g/mol. The first-order valence-corrected chi connectivity index (χ1v) is 6.42. The number of hydrogen-bond donors (Lipinski definition) is 1. The predicted molar refractivity (Wildman–Crippen MR) is 61.3 cm³/mol. The van der Waals surface area contributed by atoms with Gasteiger partial charge in [0, 0.05) is 6.04 Å². The van der Waals surface area contributed by atoms with E-state index >= 15 is 0 Å². The maximum atomic E-state index is 9.29. The molecule has 0 bridgehead atoms. The Bertz CT molecular complexity index is 389. The van der Waals surface area contributed by atoms with Gasteiger partial charge < -0.3 is 5.11 Å². The maximum Gasteiger partial charge on any atom is 0.168 e. The third-order valence-electron chi connectivity index (χ3n) is 4.29. The van der Waals surface area contributed by atoms with Crippen LogP contribution in [0.4, 0.5) is 0 Å². The molecule has 1 aromatic rings. The molecule has 1 saturated heterocycles. The van der Waals surface area contributed by atoms with Crippen LogP contribution < -0.4 is 0 Å². The van der Waals surface area contributed by atoms with Crippen molar-refractivity contribution >= 4 is 0 Å². The van der Waals surface area contributed by atoms with E-state index in [1.165, 1.54) is 19.3 Å². The number of likely N-dealkylation sites (tertiary alicyclic amines) is 1. The number of aliphatic hydroxyl groups excluding tert-OH is 1. The Kier molecular flexibility index (Phi) is 2.84. The van der Waals surface area contributed by atoms with E-state index in [0.717, 1.165) is 18.7 Å². The molecule has 6 heteroatoms. The molecule has 0 unspecified atom stereocenters. The average Bonchev–Trinajstić information content (AvgIpc) is 2.82. The molecule has 6 nitrogen and oxygen atoms in total. The Morgan fingerprint density at radius 3 is 2.71 bits per heavy atom. The van der Waals surface area contributed by atoms with Crippen molar-refractivity contribution in [2.45, 2.75) is 50.2 Å². The fourth-order valence-corrected chi connectivity index (χ4v) is 2.85. The normalized spacial score (nSPS) is 30.7. The zero-order valence-corrected chi connectivity index (χ0v) is 10.2. The molecule has 2 aliphatic rings. The van der Waals surface area contributed by atoms with Crippen LogP contribution in [0.2, 0.25) is 0 Å². The van der Waals surface area contributed by atoms with Crippen LogP contribution in [0.1, 0.15) is 50.0 Å². The van der Waals surface area contributed by atoms with E-state index in [1.807, 2.05) is 4.68 Å². The zero-order chi connectivity index (χ0) is 11.8. The van der Waals surface area contributed by atoms with E-state index in [4.69, 9.17) is 0 Å². The molecule has 1 aliphatic carbocycles. The molecule has 2 heterocycles. The third kappa shape index (κ3) is 1.75. The fourth-order valence-electron chi connectivity index (χ4n) is 2.85. The second kappa shape index (κ2) is 4.34. The molecule has 0 amide bonds. The minimum Gasteiger partial charge on any atom is -0.395 e. The van der Waals surface area contributed by atoms with Crippen molar-refractivity contribution in [3.8, 4) is 0 Å². The number of hydrogen-bond acceptors (Lipinski definition) is 5. The first-order valence-electron chi connectivity index (χ1n) is 6.42. The summed E-state index contributed by atoms with van der Waals surface area (Å²) in [5.41, 5.74) is 0. The summed E-state index contributed by atoms with van der Waals surface area (Å²) in [4.78, 5) is 2.21. The van der Waals surface area contributed by atoms with Gasteiger partial charge in [-0.3, -0.25) is 4.90 Å². The Labute approximate surface area is 101 Å². The SMILES string of the molecule is CN1[C@H](CO)CC[C@H]1c1nnnn1C1CCC1. The van der Waals surface area contributed by atoms with Crippen LogP contribution in [0, 0.1) is 0 Å². The quantitative estimate of drug-likeness (QED) is 0.830. The van der Waals surface area contributed by atoms with E-state index in [9.17, 15) is 5.11 Å². The van der Waals surface area contributed by atoms with E-state index in [2.05, 4.69) is 27.5 Å². The molecule has 0 radical (unpaired) electrons. The largest absolute Gasteiger partial charge is 0.395 e. The van der Waals surface area contributed by atoms with Crippen molar-refractivity contribution in [2.24, 2.45) is 0 Å². The Hall–Kier alpha value is -1.01. The van der Waals surface area contributed by atoms with Crippen LogP contribution >= 0.6 is 0 Å². The highest BCUT2D eigenvalue weighted by Crippen LogP contribution is 2.37. The first-order chi connectivity index (χ1) is 8.31. The van der Waals surface area contributed by atoms with Gasteiger partial charge in [0.05, 0.1) is 18.7 Å². The Morgan fingerprint density at radius 2 is 2.12 bits per heavy atom. The summed E-state index contributed by atoms with van der Waals surface area (Å²) < 4.78 is 2.00. The Balaban J connectivity index is 1.82. The van der Waals surface area contributed by atoms with Crippen LogP contribution in [0.15, 0.2) is 0 Å². The van der Waals surface area contributed by atoms with Crippen LogP contribution in [0.5, 0.6) is 0 Å². The van der Waals surface area contributed by atoms with Gasteiger partial charge in [0.1, 0.15) is 0 Å². The minimum atomic E-state index is 0.220. The standard InChI is InChI=1S/C11H19N5O/c1-15-9(7-17)5-6-10(15)11-12-13-14-16(11)8-3-2-4-8/h8-10,17H,2-7H2,1H3/t9-,10-/m0/s1. The van der Waals surface area contributed by atoms with Crippen LogP contribution in [0.25, 0.3) is 0 Å². The van der Waals surface area contributed by atoms with Gasteiger partial charge in [-0.15, -0.1) is 5.10 Å². The third-order valence-corrected chi connectivity index (χ3v) is 4.29. The van der Waals surface area contributed by atoms with Crippen LogP contribution in [-0.2, 0) is 0 Å². The highest BCUT2D eigenvalue weighted by molar-refractivity contribution is 5.01. The summed E-state index contributed by atoms with van der Waals surface area (Å²) in [6, 6.07) is 1.02. The molecule has 0 spiro atoms. The lowest BCUT2D eigenvalue weighted by molar-refractivity contribution is 0.147. The number of likely N-dealkylation sites (N-methyl/N-ethyl adjacent to an activating group) is 1. The molecule has 94 valence electrons. The second-order valence-corrected chi connectivity index (χ2v) is 5.16. The highest BCUT2D eigenvalue weighted by Gasteiger charge is 2.36. The summed E-state index contributed by atoms with van der Waals surface area (Å²) in [5.74, 6) is 0.980. The predicted octanol–water partition coefficient (Wildman–Crippen LogP) is 0.526. The number of rotatable bonds is 3. The van der Waals surface area contributed by atoms with Crippen molar-refractivity contribution in [3.05, 3.63) is 5.82 Å². The van der Waals surface area contributed by atoms with E-state index < -0.39 is 0 Å². The zero-order valence-electron chi connectivity index (χ0n) is 10.2. The molecular weight excluding hydrogens is 218 g/mol. The molecule has 2 atom stereocenters. The van der Waals surface area contributed by atoms with Crippen molar-refractivity contribution in [1.82, 2.24) is 25.1 Å². The first kappa shape index (κ1) is 11.1. The van der Waals surface area contributed by atoms with E-state index in [1.54, 1.807) is 0 Å². The molecule has 0 aromatic carbocycles. The number of nitrogens with zero attached hydrogens (tertiary/aromatic N) is 5. The highest BCUT2D eigenvalue weighted by atomic mass is 16.3. The van der Waals surface area contributed by atoms with Gasteiger partial charge in [-0.25, -0.2) is 4.68 Å². The van der Waals surface area contributed by atoms with E-state index in [-0.39, 0.29) is 18.7 Å². The smallest absolute Gasteiger partial charge is 0.168 e. The molecule has 17 heavy (non-hydrogen) atoms. The lowest BCUT2D eigenvalue weighted by Crippen LogP contribution is -2.32. The summed E-state index contributed by atoms with van der Waals surface area (Å²) in [5, 5.41) is 21.4. The molecular formula is C11H19N5O. The summed E-state index contributed by atoms with van der Waals surface area (Å²) in [6.45, 7) is 0.220. The van der Waals surface area contributed by atoms with Crippen LogP contribution in [0.3, 0.4) is 0 Å². The van der Waals surface area contributed by atoms with Crippen molar-refractivity contribution in [2.75, 3.05) is 13.7 Å². The lowest BCUT2D eigenvalue weighted by Gasteiger charge is -2.29. The summed E-state index contributed by atoms with van der Waals surface area (Å²) in [7, 11) is 2.05. The topological polar surface area (TPSA) is 67.1 Å². The molecule has 1 N–H and O–H groups in total. The summed E-state index contributed by atoms with van der Waals surface area (Å²) >= 11 is 0. The van der Waals surface area contributed by atoms with Gasteiger partial charge in [0.2, 0.25) is 0 Å². The van der Waals surface area contributed by atoms with Gasteiger partial charge in [0.15, 0.2) is 5.82 Å². The van der Waals surface area contributed by atoms with Gasteiger partial charge >= 0.3 is 0 Å². The molecule has 1 aliphatic heterocycles. The fraction of sp³-hybridized carbons (Fsp3) is 0.909. The second-order valence-electron chi connectivity index (χ2n) is 5.16. The number of aromatic nitrogens is 4. The molecule has 1 aromatic heterocycles. The minimum absolute atomic E-state index is 0.220. The van der Waals surface area contributed by atoms with Gasteiger partial charge in [0.25, 0.3) is 0 Å². The molecule has 2 fully saturated rings. The van der Waals surface area contributed by atoms with E-state index in [0.29, 0.717) is 6.04 Å². The number of tetrazole rings is 1. The summed E-state index contributed by atoms with van der Waals surface area (Å²) in [6.07, 6.45) is 5.73.